The summed E-state index contributed by atoms with van der Waals surface area (Å²) in [6, 6.07) is 5.42. The Morgan fingerprint density at radius 3 is 2.93 bits per heavy atom. The summed E-state index contributed by atoms with van der Waals surface area (Å²) < 4.78 is 19.9. The number of allylic oxidation sites excluding steroid dienone is 1. The van der Waals surface area contributed by atoms with E-state index >= 15 is 0 Å². The van der Waals surface area contributed by atoms with E-state index in [2.05, 4.69) is 21.8 Å². The van der Waals surface area contributed by atoms with Gasteiger partial charge in [-0.2, -0.15) is 0 Å². The molecule has 1 unspecified atom stereocenters. The van der Waals surface area contributed by atoms with Crippen LogP contribution in [0.3, 0.4) is 0 Å². The van der Waals surface area contributed by atoms with Crippen LogP contribution in [0.5, 0.6) is 0 Å². The van der Waals surface area contributed by atoms with Gasteiger partial charge in [0.1, 0.15) is 22.8 Å². The first-order valence-corrected chi connectivity index (χ1v) is 9.73. The van der Waals surface area contributed by atoms with E-state index in [1.165, 1.54) is 12.1 Å². The predicted octanol–water partition coefficient (Wildman–Crippen LogP) is 3.31. The predicted molar refractivity (Wildman–Crippen MR) is 116 cm³/mol. The van der Waals surface area contributed by atoms with Crippen LogP contribution in [-0.2, 0) is 4.74 Å². The number of nitrogens with two attached hydrogens (primary N) is 1. The van der Waals surface area contributed by atoms with Crippen molar-refractivity contribution in [1.82, 2.24) is 15.0 Å². The van der Waals surface area contributed by atoms with Crippen LogP contribution < -0.4 is 10.6 Å². The maximum absolute atomic E-state index is 14.3. The molecule has 4 heterocycles. The molecule has 30 heavy (non-hydrogen) atoms. The van der Waals surface area contributed by atoms with Crippen molar-refractivity contribution in [3.63, 3.8) is 0 Å². The van der Waals surface area contributed by atoms with E-state index in [0.29, 0.717) is 47.9 Å². The van der Waals surface area contributed by atoms with Crippen molar-refractivity contribution in [2.75, 3.05) is 24.7 Å². The molecule has 3 aromatic heterocycles. The summed E-state index contributed by atoms with van der Waals surface area (Å²) >= 11 is 0. The van der Waals surface area contributed by atoms with Crippen LogP contribution in [-0.4, -0.2) is 47.0 Å². The van der Waals surface area contributed by atoms with Gasteiger partial charge in [-0.15, -0.1) is 0 Å². The largest absolute Gasteiger partial charge is 0.397 e. The van der Waals surface area contributed by atoms with Crippen molar-refractivity contribution in [3.8, 4) is 11.1 Å². The zero-order valence-corrected chi connectivity index (χ0v) is 16.9. The number of pyridine rings is 3. The number of halogens is 1. The van der Waals surface area contributed by atoms with Gasteiger partial charge in [0.25, 0.3) is 0 Å². The van der Waals surface area contributed by atoms with Crippen LogP contribution in [0.1, 0.15) is 18.3 Å². The van der Waals surface area contributed by atoms with E-state index in [9.17, 15) is 4.39 Å². The van der Waals surface area contributed by atoms with Crippen molar-refractivity contribution in [2.24, 2.45) is 5.73 Å². The number of ether oxygens (including phenoxy) is 1. The van der Waals surface area contributed by atoms with Crippen LogP contribution >= 0.6 is 0 Å². The Labute approximate surface area is 173 Å². The fourth-order valence-electron chi connectivity index (χ4n) is 3.63. The second-order valence-corrected chi connectivity index (χ2v) is 7.28. The van der Waals surface area contributed by atoms with Gasteiger partial charge >= 0.3 is 0 Å². The van der Waals surface area contributed by atoms with E-state index in [-0.39, 0.29) is 11.9 Å². The quantitative estimate of drug-likeness (QED) is 0.645. The van der Waals surface area contributed by atoms with Gasteiger partial charge in [0.2, 0.25) is 0 Å². The number of anilines is 1. The first kappa shape index (κ1) is 19.9. The minimum Gasteiger partial charge on any atom is -0.397 e. The summed E-state index contributed by atoms with van der Waals surface area (Å²) in [7, 11) is 0. The molecule has 0 saturated carbocycles. The number of rotatable bonds is 4. The Morgan fingerprint density at radius 1 is 1.37 bits per heavy atom. The molecule has 0 aromatic carbocycles. The smallest absolute Gasteiger partial charge is 0.145 e. The van der Waals surface area contributed by atoms with Crippen molar-refractivity contribution < 1.29 is 9.13 Å². The van der Waals surface area contributed by atoms with Crippen LogP contribution in [0.15, 0.2) is 36.7 Å². The zero-order valence-electron chi connectivity index (χ0n) is 16.9. The highest BCUT2D eigenvalue weighted by Gasteiger charge is 2.23. The Morgan fingerprint density at radius 2 is 2.20 bits per heavy atom. The molecule has 1 aliphatic rings. The molecule has 1 aliphatic heterocycles. The normalized spacial score (nSPS) is 17.4. The van der Waals surface area contributed by atoms with E-state index in [4.69, 9.17) is 20.9 Å². The molecule has 1 atom stereocenters. The number of hydrogen-bond acceptors (Lipinski definition) is 7. The first-order chi connectivity index (χ1) is 14.5. The number of nitrogens with one attached hydrogen (secondary N) is 1. The topological polar surface area (TPSA) is 101 Å². The lowest BCUT2D eigenvalue weighted by atomic mass is 10.0. The number of fused-ring (bicyclic) bond motifs is 1. The zero-order chi connectivity index (χ0) is 21.3. The van der Waals surface area contributed by atoms with Gasteiger partial charge in [0.05, 0.1) is 30.6 Å². The van der Waals surface area contributed by atoms with E-state index in [1.807, 2.05) is 12.1 Å². The number of hydrogen-bond donors (Lipinski definition) is 2. The van der Waals surface area contributed by atoms with Crippen LogP contribution in [0, 0.1) is 18.2 Å². The lowest BCUT2D eigenvalue weighted by Crippen LogP contribution is -2.44. The number of morpholine rings is 1. The number of aryl methyl sites for hydroxylation is 1. The Bertz CT molecular complexity index is 1150. The molecule has 0 amide bonds. The Balaban J connectivity index is 2.01. The van der Waals surface area contributed by atoms with Crippen LogP contribution in [0.4, 0.5) is 10.2 Å². The molecule has 8 heteroatoms. The molecule has 4 rings (SSSR count). The average molecular weight is 406 g/mol. The minimum atomic E-state index is -0.365. The van der Waals surface area contributed by atoms with Gasteiger partial charge in [0, 0.05) is 36.1 Å². The first-order valence-electron chi connectivity index (χ1n) is 9.73. The summed E-state index contributed by atoms with van der Waals surface area (Å²) in [5.74, 6) is 0.377. The fourth-order valence-corrected chi connectivity index (χ4v) is 3.63. The van der Waals surface area contributed by atoms with Crippen molar-refractivity contribution in [3.05, 3.63) is 53.9 Å². The van der Waals surface area contributed by atoms with Crippen LogP contribution in [0.25, 0.3) is 27.7 Å². The summed E-state index contributed by atoms with van der Waals surface area (Å²) in [6.45, 7) is 5.61. The lowest BCUT2D eigenvalue weighted by molar-refractivity contribution is 0.0986. The summed E-state index contributed by atoms with van der Waals surface area (Å²) in [4.78, 5) is 15.6. The van der Waals surface area contributed by atoms with Gasteiger partial charge < -0.3 is 20.8 Å². The highest BCUT2D eigenvalue weighted by atomic mass is 19.1. The third-order valence-electron chi connectivity index (χ3n) is 5.25. The van der Waals surface area contributed by atoms with Gasteiger partial charge in [-0.1, -0.05) is 0 Å². The van der Waals surface area contributed by atoms with E-state index in [1.54, 1.807) is 19.3 Å². The highest BCUT2D eigenvalue weighted by molar-refractivity contribution is 6.01. The molecule has 0 aliphatic carbocycles. The molecule has 3 N–H and O–H groups in total. The fraction of sp³-hybridized carbons (Fsp3) is 0.273. The van der Waals surface area contributed by atoms with Crippen molar-refractivity contribution >= 4 is 28.6 Å². The van der Waals surface area contributed by atoms with Crippen LogP contribution in [0.2, 0.25) is 0 Å². The molecular weight excluding hydrogens is 383 g/mol. The average Bonchev–Trinajstić information content (AvgIpc) is 2.75. The van der Waals surface area contributed by atoms with E-state index in [0.717, 1.165) is 23.0 Å². The molecule has 0 radical (unpaired) electrons. The molecule has 3 aromatic rings. The number of nitrogens with zero attached hydrogens (tertiary/aromatic N) is 4. The summed E-state index contributed by atoms with van der Waals surface area (Å²) in [5.41, 5.74) is 9.38. The third-order valence-corrected chi connectivity index (χ3v) is 5.25. The Hall–Kier alpha value is -3.39. The summed E-state index contributed by atoms with van der Waals surface area (Å²) in [5, 5.41) is 8.13. The molecule has 0 bridgehead atoms. The lowest BCUT2D eigenvalue weighted by Gasteiger charge is -2.34. The van der Waals surface area contributed by atoms with Crippen molar-refractivity contribution in [1.29, 1.82) is 5.41 Å². The van der Waals surface area contributed by atoms with Gasteiger partial charge in [-0.25, -0.2) is 9.37 Å². The standard InChI is InChI=1S/C22H23FN6O/c1-13-12-30-8-7-29(13)20-10-17(15-9-18(23)14(2)27-11-15)16-4-6-26-22(21(16)28-20)19(25)3-5-24/h3-6,9-11,13,24H,7-8,12,25H2,1-2H3/b19-3-,24-5?. The second-order valence-electron chi connectivity index (χ2n) is 7.28. The molecule has 1 saturated heterocycles. The van der Waals surface area contributed by atoms with Gasteiger partial charge in [0.15, 0.2) is 0 Å². The maximum atomic E-state index is 14.3. The molecule has 7 nitrogen and oxygen atoms in total. The molecular formula is C22H23FN6O. The SMILES string of the molecule is Cc1ncc(-c2cc(N3CCOCC3C)nc3c(/C(N)=C/C=N)nccc23)cc1F. The number of aromatic nitrogens is 3. The molecule has 154 valence electrons. The van der Waals surface area contributed by atoms with Gasteiger partial charge in [-0.05, 0) is 43.7 Å². The second kappa shape index (κ2) is 8.16. The monoisotopic (exact) mass is 406 g/mol. The third kappa shape index (κ3) is 3.61. The van der Waals surface area contributed by atoms with Crippen molar-refractivity contribution in [2.45, 2.75) is 19.9 Å². The highest BCUT2D eigenvalue weighted by Crippen LogP contribution is 2.34. The Kier molecular flexibility index (Phi) is 5.41. The molecule has 1 fully saturated rings. The minimum absolute atomic E-state index is 0.138. The summed E-state index contributed by atoms with van der Waals surface area (Å²) in [6.07, 6.45) is 5.89. The van der Waals surface area contributed by atoms with Gasteiger partial charge in [-0.3, -0.25) is 9.97 Å². The molecule has 0 spiro atoms. The van der Waals surface area contributed by atoms with E-state index < -0.39 is 0 Å². The maximum Gasteiger partial charge on any atom is 0.145 e.